The number of anilines is 1. The summed E-state index contributed by atoms with van der Waals surface area (Å²) in [6, 6.07) is 7.06. The number of H-pyrrole nitrogens is 1. The lowest BCUT2D eigenvalue weighted by molar-refractivity contribution is -0.134. The van der Waals surface area contributed by atoms with Crippen molar-refractivity contribution in [2.45, 2.75) is 6.92 Å². The predicted molar refractivity (Wildman–Crippen MR) is 69.4 cm³/mol. The van der Waals surface area contributed by atoms with E-state index in [2.05, 4.69) is 20.7 Å². The summed E-state index contributed by atoms with van der Waals surface area (Å²) in [4.78, 5) is 11.3. The van der Waals surface area contributed by atoms with E-state index in [0.29, 0.717) is 5.69 Å². The molecular formula is C12H11N5O2. The molecule has 0 atom stereocenters. The molecule has 0 aliphatic rings. The Morgan fingerprint density at radius 2 is 2.47 bits per heavy atom. The van der Waals surface area contributed by atoms with Gasteiger partial charge in [-0.3, -0.25) is 10.5 Å². The number of aromatic amines is 1. The van der Waals surface area contributed by atoms with Gasteiger partial charge >= 0.3 is 5.97 Å². The van der Waals surface area contributed by atoms with Gasteiger partial charge < -0.3 is 4.74 Å². The van der Waals surface area contributed by atoms with Crippen LogP contribution in [-0.2, 0) is 9.53 Å². The van der Waals surface area contributed by atoms with Gasteiger partial charge in [0.25, 0.3) is 0 Å². The van der Waals surface area contributed by atoms with Crippen LogP contribution in [0, 0.1) is 11.3 Å². The van der Waals surface area contributed by atoms with Gasteiger partial charge in [0.05, 0.1) is 24.0 Å². The zero-order valence-corrected chi connectivity index (χ0v) is 10.2. The normalized spacial score (nSPS) is 11.1. The minimum atomic E-state index is -0.750. The van der Waals surface area contributed by atoms with Crippen molar-refractivity contribution in [1.29, 1.82) is 5.26 Å². The molecule has 7 nitrogen and oxygen atoms in total. The van der Waals surface area contributed by atoms with Crippen molar-refractivity contribution in [3.63, 3.8) is 0 Å². The number of aromatic nitrogens is 2. The van der Waals surface area contributed by atoms with Gasteiger partial charge in [-0.1, -0.05) is 0 Å². The van der Waals surface area contributed by atoms with Crippen LogP contribution in [0.3, 0.4) is 0 Å². The number of hydrazone groups is 1. The number of benzene rings is 1. The number of rotatable bonds is 4. The summed E-state index contributed by atoms with van der Waals surface area (Å²) in [6.45, 7) is 1.85. The number of fused-ring (bicyclic) bond motifs is 1. The molecule has 0 amide bonds. The maximum absolute atomic E-state index is 11.3. The van der Waals surface area contributed by atoms with Crippen LogP contribution in [0.1, 0.15) is 6.92 Å². The molecule has 0 aliphatic heterocycles. The van der Waals surface area contributed by atoms with Crippen molar-refractivity contribution in [3.8, 4) is 6.07 Å². The molecule has 7 heteroatoms. The molecule has 2 aromatic rings. The average molecular weight is 257 g/mol. The Kier molecular flexibility index (Phi) is 3.73. The Hall–Kier alpha value is -2.88. The minimum absolute atomic E-state index is 0.194. The fraction of sp³-hybridized carbons (Fsp3) is 0.167. The van der Waals surface area contributed by atoms with Crippen LogP contribution in [0.5, 0.6) is 0 Å². The van der Waals surface area contributed by atoms with E-state index >= 15 is 0 Å². The third-order valence-electron chi connectivity index (χ3n) is 2.31. The molecule has 1 aromatic carbocycles. The lowest BCUT2D eigenvalue weighted by Crippen LogP contribution is -2.17. The zero-order chi connectivity index (χ0) is 13.7. The van der Waals surface area contributed by atoms with Crippen molar-refractivity contribution >= 4 is 28.3 Å². The van der Waals surface area contributed by atoms with Crippen molar-refractivity contribution in [1.82, 2.24) is 10.2 Å². The van der Waals surface area contributed by atoms with E-state index < -0.39 is 5.97 Å². The topological polar surface area (TPSA) is 103 Å². The highest BCUT2D eigenvalue weighted by atomic mass is 16.5. The Morgan fingerprint density at radius 1 is 1.63 bits per heavy atom. The molecule has 0 aliphatic carbocycles. The maximum Gasteiger partial charge on any atom is 0.369 e. The second-order valence-electron chi connectivity index (χ2n) is 3.58. The van der Waals surface area contributed by atoms with E-state index in [0.717, 1.165) is 10.9 Å². The van der Waals surface area contributed by atoms with Gasteiger partial charge in [-0.15, -0.1) is 0 Å². The summed E-state index contributed by atoms with van der Waals surface area (Å²) in [5.74, 6) is -0.750. The quantitative estimate of drug-likeness (QED) is 0.489. The van der Waals surface area contributed by atoms with E-state index in [1.54, 1.807) is 31.3 Å². The van der Waals surface area contributed by atoms with Crippen LogP contribution >= 0.6 is 0 Å². The maximum atomic E-state index is 11.3. The van der Waals surface area contributed by atoms with Crippen LogP contribution in [-0.4, -0.2) is 28.5 Å². The fourth-order valence-electron chi connectivity index (χ4n) is 1.44. The van der Waals surface area contributed by atoms with Gasteiger partial charge in [0.1, 0.15) is 6.07 Å². The molecule has 0 saturated carbocycles. The van der Waals surface area contributed by atoms with E-state index in [1.807, 2.05) is 6.07 Å². The largest absolute Gasteiger partial charge is 0.461 e. The van der Waals surface area contributed by atoms with Crippen LogP contribution in [0.25, 0.3) is 10.9 Å². The van der Waals surface area contributed by atoms with E-state index in [9.17, 15) is 4.79 Å². The first-order chi connectivity index (χ1) is 9.24. The van der Waals surface area contributed by atoms with Gasteiger partial charge in [0, 0.05) is 5.39 Å². The molecule has 2 rings (SSSR count). The molecule has 0 unspecified atom stereocenters. The second kappa shape index (κ2) is 5.64. The summed E-state index contributed by atoms with van der Waals surface area (Å²) < 4.78 is 4.69. The van der Waals surface area contributed by atoms with Gasteiger partial charge in [-0.05, 0) is 25.1 Å². The lowest BCUT2D eigenvalue weighted by Gasteiger charge is -2.02. The van der Waals surface area contributed by atoms with Crippen LogP contribution in [0.4, 0.5) is 5.69 Å². The van der Waals surface area contributed by atoms with Gasteiger partial charge in [-0.2, -0.15) is 15.5 Å². The summed E-state index contributed by atoms with van der Waals surface area (Å²) in [6.07, 6.45) is 1.70. The molecule has 96 valence electrons. The van der Waals surface area contributed by atoms with Crippen molar-refractivity contribution in [3.05, 3.63) is 24.4 Å². The van der Waals surface area contributed by atoms with Crippen LogP contribution in [0.2, 0.25) is 0 Å². The second-order valence-corrected chi connectivity index (χ2v) is 3.58. The monoisotopic (exact) mass is 257 g/mol. The van der Waals surface area contributed by atoms with E-state index in [1.165, 1.54) is 0 Å². The number of hydrogen-bond donors (Lipinski definition) is 2. The predicted octanol–water partition coefficient (Wildman–Crippen LogP) is 1.42. The number of ether oxygens (including phenoxy) is 1. The number of esters is 1. The number of nitrogens with zero attached hydrogens (tertiary/aromatic N) is 3. The third kappa shape index (κ3) is 2.87. The summed E-state index contributed by atoms with van der Waals surface area (Å²) >= 11 is 0. The molecule has 1 aromatic heterocycles. The smallest absolute Gasteiger partial charge is 0.369 e. The number of hydrogen-bond acceptors (Lipinski definition) is 6. The zero-order valence-electron chi connectivity index (χ0n) is 10.2. The Balaban J connectivity index is 2.15. The highest BCUT2D eigenvalue weighted by molar-refractivity contribution is 6.43. The van der Waals surface area contributed by atoms with E-state index in [4.69, 9.17) is 10.00 Å². The molecule has 19 heavy (non-hydrogen) atoms. The summed E-state index contributed by atoms with van der Waals surface area (Å²) in [7, 11) is 0. The van der Waals surface area contributed by atoms with Crippen molar-refractivity contribution in [2.24, 2.45) is 5.10 Å². The molecular weight excluding hydrogens is 246 g/mol. The first kappa shape index (κ1) is 12.6. The van der Waals surface area contributed by atoms with Gasteiger partial charge in [0.2, 0.25) is 5.71 Å². The van der Waals surface area contributed by atoms with Crippen LogP contribution < -0.4 is 5.43 Å². The first-order valence-corrected chi connectivity index (χ1v) is 5.58. The number of carbonyl (C=O) groups excluding carboxylic acids is 1. The van der Waals surface area contributed by atoms with Gasteiger partial charge in [0.15, 0.2) is 0 Å². The van der Waals surface area contributed by atoms with Crippen molar-refractivity contribution in [2.75, 3.05) is 12.0 Å². The Labute approximate surface area is 108 Å². The standard InChI is InChI=1S/C12H11N5O2/c1-2-19-12(18)11(6-13)17-15-9-4-3-8-7-14-16-10(8)5-9/h3-5,7,15H,2H2,1H3,(H,14,16). The Bertz CT molecular complexity index is 668. The molecule has 0 fully saturated rings. The number of nitriles is 1. The summed E-state index contributed by atoms with van der Waals surface area (Å²) in [5.41, 5.74) is 3.77. The van der Waals surface area contributed by atoms with E-state index in [-0.39, 0.29) is 12.3 Å². The molecule has 0 spiro atoms. The molecule has 0 radical (unpaired) electrons. The highest BCUT2D eigenvalue weighted by Gasteiger charge is 2.11. The molecule has 2 N–H and O–H groups in total. The van der Waals surface area contributed by atoms with Gasteiger partial charge in [-0.25, -0.2) is 4.79 Å². The molecule has 0 saturated heterocycles. The first-order valence-electron chi connectivity index (χ1n) is 5.58. The average Bonchev–Trinajstić information content (AvgIpc) is 2.87. The highest BCUT2D eigenvalue weighted by Crippen LogP contribution is 2.16. The number of nitrogens with one attached hydrogen (secondary N) is 2. The van der Waals surface area contributed by atoms with Crippen molar-refractivity contribution < 1.29 is 9.53 Å². The lowest BCUT2D eigenvalue weighted by atomic mass is 10.2. The molecule has 1 heterocycles. The third-order valence-corrected chi connectivity index (χ3v) is 2.31. The molecule has 0 bridgehead atoms. The Morgan fingerprint density at radius 3 is 3.21 bits per heavy atom. The SMILES string of the molecule is CCOC(=O)C(C#N)=NNc1ccc2cn[nH]c2c1. The summed E-state index contributed by atoms with van der Waals surface area (Å²) in [5, 5.41) is 20.2. The number of carbonyl (C=O) groups is 1. The minimum Gasteiger partial charge on any atom is -0.461 e. The fourth-order valence-corrected chi connectivity index (χ4v) is 1.44. The van der Waals surface area contributed by atoms with Crippen LogP contribution in [0.15, 0.2) is 29.5 Å².